The number of rotatable bonds is 2. The minimum atomic E-state index is 0.298. The number of hydrogen-bond donors (Lipinski definition) is 0. The molecule has 0 saturated heterocycles. The molecule has 2 saturated carbocycles. The van der Waals surface area contributed by atoms with Crippen molar-refractivity contribution in [3.8, 4) is 5.75 Å². The largest absolute Gasteiger partial charge is 0.490 e. The molecule has 2 unspecified atom stereocenters. The first-order valence-corrected chi connectivity index (χ1v) is 8.54. The Balaban J connectivity index is 1.76. The van der Waals surface area contributed by atoms with Crippen LogP contribution in [-0.2, 0) is 0 Å². The van der Waals surface area contributed by atoms with Crippen LogP contribution in [0.4, 0.5) is 0 Å². The number of alkyl halides is 1. The van der Waals surface area contributed by atoms with Crippen molar-refractivity contribution in [1.82, 2.24) is 0 Å². The summed E-state index contributed by atoms with van der Waals surface area (Å²) in [6, 6.07) is 5.44. The summed E-state index contributed by atoms with van der Waals surface area (Å²) in [5, 5.41) is 1.27. The highest BCUT2D eigenvalue weighted by atomic mass is 79.9. The minimum Gasteiger partial charge on any atom is -0.490 e. The molecule has 2 aliphatic rings. The second-order valence-corrected chi connectivity index (χ2v) is 7.69. The molecule has 4 heteroatoms. The Kier molecular flexibility index (Phi) is 4.03. The molecule has 0 heterocycles. The van der Waals surface area contributed by atoms with Crippen molar-refractivity contribution in [2.24, 2.45) is 5.41 Å². The van der Waals surface area contributed by atoms with Crippen LogP contribution in [0.1, 0.15) is 38.5 Å². The molecule has 2 aliphatic carbocycles. The van der Waals surface area contributed by atoms with Crippen LogP contribution in [0, 0.1) is 5.41 Å². The van der Waals surface area contributed by atoms with E-state index < -0.39 is 0 Å². The van der Waals surface area contributed by atoms with Gasteiger partial charge in [0, 0.05) is 20.3 Å². The first-order chi connectivity index (χ1) is 9.10. The molecular weight excluding hydrogens is 347 g/mol. The molecule has 1 aromatic rings. The number of ether oxygens (including phenoxy) is 1. The highest BCUT2D eigenvalue weighted by Crippen LogP contribution is 2.56. The molecule has 1 nitrogen and oxygen atoms in total. The highest BCUT2D eigenvalue weighted by molar-refractivity contribution is 9.09. The van der Waals surface area contributed by atoms with Gasteiger partial charge in [-0.2, -0.15) is 0 Å². The Morgan fingerprint density at radius 3 is 2.26 bits per heavy atom. The van der Waals surface area contributed by atoms with E-state index in [1.807, 2.05) is 12.1 Å². The van der Waals surface area contributed by atoms with Gasteiger partial charge >= 0.3 is 0 Å². The summed E-state index contributed by atoms with van der Waals surface area (Å²) < 4.78 is 6.18. The smallest absolute Gasteiger partial charge is 0.122 e. The molecule has 19 heavy (non-hydrogen) atoms. The Morgan fingerprint density at radius 2 is 1.68 bits per heavy atom. The Morgan fingerprint density at radius 1 is 1.05 bits per heavy atom. The first kappa shape index (κ1) is 14.0. The molecule has 0 aromatic heterocycles. The molecular formula is C15H17BrCl2O. The van der Waals surface area contributed by atoms with Crippen LogP contribution in [0.25, 0.3) is 0 Å². The lowest BCUT2D eigenvalue weighted by molar-refractivity contribution is -0.0601. The molecule has 0 N–H and O–H groups in total. The molecule has 1 spiro atoms. The molecule has 3 rings (SSSR count). The highest BCUT2D eigenvalue weighted by Gasteiger charge is 2.55. The zero-order valence-corrected chi connectivity index (χ0v) is 13.8. The van der Waals surface area contributed by atoms with Gasteiger partial charge in [0.2, 0.25) is 0 Å². The van der Waals surface area contributed by atoms with Gasteiger partial charge in [0.05, 0.1) is 0 Å². The van der Waals surface area contributed by atoms with E-state index in [0.717, 1.165) is 12.2 Å². The predicted octanol–water partition coefficient (Wildman–Crippen LogP) is 5.86. The van der Waals surface area contributed by atoms with Crippen LogP contribution in [0.2, 0.25) is 10.0 Å². The second kappa shape index (κ2) is 5.46. The molecule has 2 fully saturated rings. The van der Waals surface area contributed by atoms with Crippen molar-refractivity contribution in [3.05, 3.63) is 28.2 Å². The fourth-order valence-corrected chi connectivity index (χ4v) is 5.07. The third-order valence-electron chi connectivity index (χ3n) is 4.58. The molecule has 1 aromatic carbocycles. The van der Waals surface area contributed by atoms with Crippen LogP contribution in [-0.4, -0.2) is 10.9 Å². The standard InChI is InChI=1S/C15H17BrCl2O/c16-13-9-14(15(13)4-2-1-3-5-15)19-12-7-10(17)6-11(18)8-12/h6-8,13-14H,1-5,9H2. The Hall–Kier alpha value is 0.0800. The van der Waals surface area contributed by atoms with Gasteiger partial charge < -0.3 is 4.74 Å². The van der Waals surface area contributed by atoms with Crippen LogP contribution < -0.4 is 4.74 Å². The number of benzene rings is 1. The molecule has 0 aliphatic heterocycles. The number of hydrogen-bond acceptors (Lipinski definition) is 1. The van der Waals surface area contributed by atoms with Crippen LogP contribution in [0.3, 0.4) is 0 Å². The van der Waals surface area contributed by atoms with Gasteiger partial charge in [-0.3, -0.25) is 0 Å². The van der Waals surface area contributed by atoms with Gasteiger partial charge in [-0.1, -0.05) is 58.4 Å². The lowest BCUT2D eigenvalue weighted by Gasteiger charge is -2.55. The van der Waals surface area contributed by atoms with E-state index in [1.54, 1.807) is 6.07 Å². The maximum Gasteiger partial charge on any atom is 0.122 e. The Labute approximate surface area is 132 Å². The minimum absolute atomic E-state index is 0.298. The lowest BCUT2D eigenvalue weighted by atomic mass is 9.58. The summed E-state index contributed by atoms with van der Waals surface area (Å²) in [5.74, 6) is 0.798. The van der Waals surface area contributed by atoms with Crippen LogP contribution >= 0.6 is 39.1 Å². The molecule has 0 bridgehead atoms. The fraction of sp³-hybridized carbons (Fsp3) is 0.600. The van der Waals surface area contributed by atoms with E-state index in [1.165, 1.54) is 32.1 Å². The van der Waals surface area contributed by atoms with E-state index in [2.05, 4.69) is 15.9 Å². The van der Waals surface area contributed by atoms with Crippen molar-refractivity contribution >= 4 is 39.1 Å². The predicted molar refractivity (Wildman–Crippen MR) is 83.7 cm³/mol. The molecule has 0 radical (unpaired) electrons. The molecule has 0 amide bonds. The van der Waals surface area contributed by atoms with Gasteiger partial charge in [-0.05, 0) is 37.5 Å². The topological polar surface area (TPSA) is 9.23 Å². The molecule has 104 valence electrons. The summed E-state index contributed by atoms with van der Waals surface area (Å²) in [5.41, 5.74) is 0.326. The van der Waals surface area contributed by atoms with Gasteiger partial charge in [0.1, 0.15) is 11.9 Å². The summed E-state index contributed by atoms with van der Waals surface area (Å²) in [7, 11) is 0. The van der Waals surface area contributed by atoms with Crippen molar-refractivity contribution in [2.45, 2.75) is 49.5 Å². The summed E-state index contributed by atoms with van der Waals surface area (Å²) in [6.45, 7) is 0. The normalized spacial score (nSPS) is 29.0. The third-order valence-corrected chi connectivity index (χ3v) is 6.31. The quantitative estimate of drug-likeness (QED) is 0.598. The van der Waals surface area contributed by atoms with Crippen LogP contribution in [0.15, 0.2) is 18.2 Å². The molecule has 2 atom stereocenters. The maximum absolute atomic E-state index is 6.18. The summed E-state index contributed by atoms with van der Waals surface area (Å²) in [6.07, 6.45) is 7.90. The number of halogens is 3. The Bertz CT molecular complexity index is 451. The van der Waals surface area contributed by atoms with Crippen molar-refractivity contribution in [1.29, 1.82) is 0 Å². The van der Waals surface area contributed by atoms with E-state index in [0.29, 0.717) is 26.4 Å². The maximum atomic E-state index is 6.18. The monoisotopic (exact) mass is 362 g/mol. The van der Waals surface area contributed by atoms with Gasteiger partial charge in [0.15, 0.2) is 0 Å². The van der Waals surface area contributed by atoms with E-state index in [4.69, 9.17) is 27.9 Å². The fourth-order valence-electron chi connectivity index (χ4n) is 3.47. The van der Waals surface area contributed by atoms with Gasteiger partial charge in [-0.15, -0.1) is 0 Å². The lowest BCUT2D eigenvalue weighted by Crippen LogP contribution is -2.57. The zero-order chi connectivity index (χ0) is 13.5. The summed E-state index contributed by atoms with van der Waals surface area (Å²) in [4.78, 5) is 0.597. The SMILES string of the molecule is Clc1cc(Cl)cc(OC2CC(Br)C23CCCCC3)c1. The van der Waals surface area contributed by atoms with Crippen LogP contribution in [0.5, 0.6) is 5.75 Å². The van der Waals surface area contributed by atoms with Crippen molar-refractivity contribution < 1.29 is 4.74 Å². The van der Waals surface area contributed by atoms with Crippen molar-refractivity contribution in [3.63, 3.8) is 0 Å². The first-order valence-electron chi connectivity index (χ1n) is 6.87. The van der Waals surface area contributed by atoms with Gasteiger partial charge in [-0.25, -0.2) is 0 Å². The van der Waals surface area contributed by atoms with E-state index in [-0.39, 0.29) is 0 Å². The van der Waals surface area contributed by atoms with E-state index in [9.17, 15) is 0 Å². The second-order valence-electron chi connectivity index (χ2n) is 5.71. The third kappa shape index (κ3) is 2.64. The van der Waals surface area contributed by atoms with Crippen molar-refractivity contribution in [2.75, 3.05) is 0 Å². The van der Waals surface area contributed by atoms with Gasteiger partial charge in [0.25, 0.3) is 0 Å². The van der Waals surface area contributed by atoms with E-state index >= 15 is 0 Å². The summed E-state index contributed by atoms with van der Waals surface area (Å²) >= 11 is 15.9. The average molecular weight is 364 g/mol. The zero-order valence-electron chi connectivity index (χ0n) is 10.7. The average Bonchev–Trinajstić information content (AvgIpc) is 2.38.